The smallest absolute Gasteiger partial charge is 0.308 e. The van der Waals surface area contributed by atoms with Crippen molar-refractivity contribution in [3.8, 4) is 6.57 Å². The van der Waals surface area contributed by atoms with Crippen LogP contribution in [0.15, 0.2) is 24.3 Å². The van der Waals surface area contributed by atoms with E-state index in [4.69, 9.17) is 20.4 Å². The molecule has 1 unspecified atom stereocenters. The topological polar surface area (TPSA) is 89.2 Å². The van der Waals surface area contributed by atoms with Gasteiger partial charge < -0.3 is 18.7 Å². The lowest BCUT2D eigenvalue weighted by molar-refractivity contribution is -0.229. The number of carbonyl (C=O) groups excluding carboxylic acids is 1. The highest BCUT2D eigenvalue weighted by molar-refractivity contribution is 7.45. The predicted molar refractivity (Wildman–Crippen MR) is 139 cm³/mol. The van der Waals surface area contributed by atoms with Crippen molar-refractivity contribution in [1.29, 1.82) is 0 Å². The van der Waals surface area contributed by atoms with E-state index in [0.717, 1.165) is 32.1 Å². The van der Waals surface area contributed by atoms with Gasteiger partial charge in [-0.25, -0.2) is 0 Å². The molecular weight excluding hydrogens is 465 g/mol. The third-order valence-corrected chi connectivity index (χ3v) is 6.98. The summed E-state index contributed by atoms with van der Waals surface area (Å²) < 4.78 is 27.7. The molecule has 3 atom stereocenters. The van der Waals surface area contributed by atoms with Crippen molar-refractivity contribution in [2.75, 3.05) is 13.2 Å². The van der Waals surface area contributed by atoms with Gasteiger partial charge in [0.15, 0.2) is 0 Å². The molecule has 0 fully saturated rings. The number of carbonyl (C=O) groups is 1. The zero-order chi connectivity index (χ0) is 25.6. The van der Waals surface area contributed by atoms with Gasteiger partial charge in [-0.05, 0) is 39.0 Å². The van der Waals surface area contributed by atoms with Crippen LogP contribution in [0.1, 0.15) is 110 Å². The molecule has 0 aromatic rings. The Bertz CT molecular complexity index is 702. The summed E-state index contributed by atoms with van der Waals surface area (Å²) in [6, 6.07) is 0. The molecule has 0 aromatic carbocycles. The summed E-state index contributed by atoms with van der Waals surface area (Å²) in [6.07, 6.45) is 23.3. The number of esters is 1. The molecule has 200 valence electrons. The number of hydrogen-bond donors (Lipinski definition) is 0. The van der Waals surface area contributed by atoms with Crippen molar-refractivity contribution in [3.63, 3.8) is 0 Å². The average Bonchev–Trinajstić information content (AvgIpc) is 2.79. The van der Waals surface area contributed by atoms with E-state index in [0.29, 0.717) is 12.8 Å². The second-order valence-corrected chi connectivity index (χ2v) is 10.7. The molecule has 0 radical (unpaired) electrons. The van der Waals surface area contributed by atoms with E-state index in [-0.39, 0.29) is 25.7 Å². The maximum absolute atomic E-state index is 12.5. The van der Waals surface area contributed by atoms with Gasteiger partial charge in [-0.15, -0.1) is 0 Å². The first-order chi connectivity index (χ1) is 16.9. The van der Waals surface area contributed by atoms with Crippen LogP contribution in [-0.4, -0.2) is 31.3 Å². The van der Waals surface area contributed by atoms with Crippen LogP contribution in [0.3, 0.4) is 0 Å². The van der Waals surface area contributed by atoms with Crippen LogP contribution >= 0.6 is 7.82 Å². The van der Waals surface area contributed by atoms with Gasteiger partial charge in [0, 0.05) is 6.42 Å². The van der Waals surface area contributed by atoms with Gasteiger partial charge in [-0.1, -0.05) is 86.9 Å². The zero-order valence-corrected chi connectivity index (χ0v) is 22.5. The molecule has 0 saturated heterocycles. The Labute approximate surface area is 212 Å². The van der Waals surface area contributed by atoms with Gasteiger partial charge in [-0.2, -0.15) is 0 Å². The molecule has 0 bridgehead atoms. The molecule has 7 nitrogen and oxygen atoms in total. The number of rotatable bonds is 5. The first-order valence-corrected chi connectivity index (χ1v) is 14.9. The Morgan fingerprint density at radius 2 is 1.54 bits per heavy atom. The van der Waals surface area contributed by atoms with Gasteiger partial charge in [0.05, 0.1) is 12.5 Å². The van der Waals surface area contributed by atoms with E-state index < -0.39 is 19.9 Å². The monoisotopic (exact) mass is 511 g/mol. The Morgan fingerprint density at radius 1 is 0.971 bits per heavy atom. The van der Waals surface area contributed by atoms with E-state index >= 15 is 0 Å². The Kier molecular flexibility index (Phi) is 18.7. The van der Waals surface area contributed by atoms with Crippen molar-refractivity contribution < 1.29 is 28.0 Å². The summed E-state index contributed by atoms with van der Waals surface area (Å²) in [6.45, 7) is 6.71. The van der Waals surface area contributed by atoms with Crippen LogP contribution in [0.5, 0.6) is 0 Å². The Balaban J connectivity index is 2.63. The van der Waals surface area contributed by atoms with E-state index in [1.54, 1.807) is 0 Å². The summed E-state index contributed by atoms with van der Waals surface area (Å²) >= 11 is 0. The minimum Gasteiger partial charge on any atom is -0.756 e. The molecule has 0 amide bonds. The number of phosphoric ester groups is 1. The standard InChI is InChI=1S/C27H46NO6P/c1-25-20-18-16-14-12-10-8-6-4-3-5-7-9-11-13-15-17-19-21-26(24-27(29)33-25)34-35(30,31)32-23-22-28-2/h2,8,10,16,18,25-26H,3-7,9,11-15,17,19-24H2,1H3/b10-8-,18-16+/t25-,26+/m1/s1. The molecule has 35 heavy (non-hydrogen) atoms. The minimum atomic E-state index is -4.56. The molecule has 0 aromatic heterocycles. The molecule has 0 saturated carbocycles. The largest absolute Gasteiger partial charge is 0.756 e. The molecule has 8 heteroatoms. The van der Waals surface area contributed by atoms with Gasteiger partial charge in [-0.3, -0.25) is 9.36 Å². The molecule has 1 aliphatic rings. The van der Waals surface area contributed by atoms with Gasteiger partial charge in [0.2, 0.25) is 0 Å². The number of phosphoric acid groups is 1. The highest BCUT2D eigenvalue weighted by Gasteiger charge is 2.23. The lowest BCUT2D eigenvalue weighted by atomic mass is 10.0. The lowest BCUT2D eigenvalue weighted by Crippen LogP contribution is -2.24. The van der Waals surface area contributed by atoms with E-state index in [2.05, 4.69) is 23.1 Å². The maximum atomic E-state index is 12.5. The summed E-state index contributed by atoms with van der Waals surface area (Å²) in [5.41, 5.74) is 0. The van der Waals surface area contributed by atoms with Crippen molar-refractivity contribution >= 4 is 13.8 Å². The molecule has 1 heterocycles. The second-order valence-electron chi connectivity index (χ2n) is 9.29. The van der Waals surface area contributed by atoms with Crippen LogP contribution in [0.4, 0.5) is 0 Å². The molecular formula is C27H46NO6P. The fraction of sp³-hybridized carbons (Fsp3) is 0.778. The number of cyclic esters (lactones) is 1. The van der Waals surface area contributed by atoms with Crippen LogP contribution in [0.25, 0.3) is 4.85 Å². The lowest BCUT2D eigenvalue weighted by Gasteiger charge is -2.27. The van der Waals surface area contributed by atoms with Crippen molar-refractivity contribution in [3.05, 3.63) is 29.1 Å². The van der Waals surface area contributed by atoms with E-state index in [1.807, 2.05) is 13.0 Å². The Hall–Kier alpha value is -1.45. The number of hydrogen-bond acceptors (Lipinski definition) is 6. The number of ether oxygens (including phenoxy) is 1. The zero-order valence-electron chi connectivity index (χ0n) is 21.6. The molecule has 1 aliphatic heterocycles. The SMILES string of the molecule is C#[N+]CCOP(=O)([O-])O[C@H]1CCCCCCCCCCCC/C=C\CC/C=C/C[C@@H](C)OC(=O)C1. The summed E-state index contributed by atoms with van der Waals surface area (Å²) in [5, 5.41) is 0. The normalized spacial score (nSPS) is 26.8. The molecule has 0 N–H and O–H groups in total. The number of nitrogens with zero attached hydrogens (tertiary/aromatic N) is 1. The van der Waals surface area contributed by atoms with Gasteiger partial charge in [0.25, 0.3) is 20.9 Å². The van der Waals surface area contributed by atoms with Gasteiger partial charge >= 0.3 is 5.97 Å². The first kappa shape index (κ1) is 31.6. The van der Waals surface area contributed by atoms with Crippen LogP contribution in [0, 0.1) is 6.57 Å². The predicted octanol–water partition coefficient (Wildman–Crippen LogP) is 7.12. The highest BCUT2D eigenvalue weighted by Crippen LogP contribution is 2.41. The Morgan fingerprint density at radius 3 is 2.20 bits per heavy atom. The van der Waals surface area contributed by atoms with Crippen LogP contribution in [0.2, 0.25) is 0 Å². The summed E-state index contributed by atoms with van der Waals surface area (Å²) in [4.78, 5) is 28.0. The number of allylic oxidation sites excluding steroid dienone is 3. The third-order valence-electron chi connectivity index (χ3n) is 5.92. The first-order valence-electron chi connectivity index (χ1n) is 13.4. The van der Waals surface area contributed by atoms with Gasteiger partial charge in [0.1, 0.15) is 12.7 Å². The van der Waals surface area contributed by atoms with E-state index in [9.17, 15) is 14.3 Å². The molecule has 0 spiro atoms. The van der Waals surface area contributed by atoms with Crippen LogP contribution in [-0.2, 0) is 23.1 Å². The fourth-order valence-corrected chi connectivity index (χ4v) is 4.91. The highest BCUT2D eigenvalue weighted by atomic mass is 31.2. The molecule has 1 rings (SSSR count). The van der Waals surface area contributed by atoms with E-state index in [1.165, 1.54) is 51.4 Å². The van der Waals surface area contributed by atoms with Crippen molar-refractivity contribution in [2.24, 2.45) is 0 Å². The van der Waals surface area contributed by atoms with Crippen molar-refractivity contribution in [2.45, 2.75) is 122 Å². The average molecular weight is 512 g/mol. The summed E-state index contributed by atoms with van der Waals surface area (Å²) in [7, 11) is -4.56. The second kappa shape index (κ2) is 20.7. The maximum Gasteiger partial charge on any atom is 0.308 e. The molecule has 0 aliphatic carbocycles. The minimum absolute atomic E-state index is 0.0453. The summed E-state index contributed by atoms with van der Waals surface area (Å²) in [5.74, 6) is -0.467. The van der Waals surface area contributed by atoms with Crippen LogP contribution < -0.4 is 4.89 Å². The third kappa shape index (κ3) is 19.4. The fourth-order valence-electron chi connectivity index (χ4n) is 4.00. The quantitative estimate of drug-likeness (QED) is 0.169. The van der Waals surface area contributed by atoms with Crippen molar-refractivity contribution in [1.82, 2.24) is 0 Å².